The Kier molecular flexibility index (Phi) is 9.43. The second-order valence-corrected chi connectivity index (χ2v) is 6.12. The molecule has 1 fully saturated rings. The van der Waals surface area contributed by atoms with Gasteiger partial charge < -0.3 is 24.8 Å². The van der Waals surface area contributed by atoms with Crippen LogP contribution in [0.3, 0.4) is 0 Å². The van der Waals surface area contributed by atoms with Gasteiger partial charge in [0, 0.05) is 40.0 Å². The molecule has 1 saturated heterocycles. The molecule has 6 nitrogen and oxygen atoms in total. The fourth-order valence-electron chi connectivity index (χ4n) is 2.05. The molecule has 0 aromatic heterocycles. The zero-order chi connectivity index (χ0) is 16.3. The summed E-state index contributed by atoms with van der Waals surface area (Å²) in [4.78, 5) is 4.56. The third-order valence-electron chi connectivity index (χ3n) is 3.65. The quantitative estimate of drug-likeness (QED) is 0.384. The van der Waals surface area contributed by atoms with Crippen LogP contribution in [0.2, 0.25) is 0 Å². The molecule has 1 aliphatic heterocycles. The van der Waals surface area contributed by atoms with E-state index >= 15 is 0 Å². The molecule has 2 N–H and O–H groups in total. The van der Waals surface area contributed by atoms with E-state index in [0.29, 0.717) is 12.6 Å². The third-order valence-corrected chi connectivity index (χ3v) is 3.65. The minimum Gasteiger partial charge on any atom is -0.381 e. The highest BCUT2D eigenvalue weighted by Crippen LogP contribution is 2.10. The standard InChI is InChI=1S/C16H33N3O3/c1-5-17-15(19-13-16(2,3)20-4)18-9-6-10-22-14-7-11-21-12-8-14/h14H,5-13H2,1-4H3,(H2,17,18,19). The Hall–Kier alpha value is -0.850. The van der Waals surface area contributed by atoms with Crippen molar-refractivity contribution in [3.8, 4) is 0 Å². The van der Waals surface area contributed by atoms with E-state index in [0.717, 1.165) is 58.1 Å². The largest absolute Gasteiger partial charge is 0.381 e. The van der Waals surface area contributed by atoms with E-state index < -0.39 is 0 Å². The van der Waals surface area contributed by atoms with Gasteiger partial charge in [0.1, 0.15) is 0 Å². The van der Waals surface area contributed by atoms with E-state index in [-0.39, 0.29) is 5.60 Å². The lowest BCUT2D eigenvalue weighted by Crippen LogP contribution is -2.39. The Morgan fingerprint density at radius 3 is 2.64 bits per heavy atom. The monoisotopic (exact) mass is 315 g/mol. The summed E-state index contributed by atoms with van der Waals surface area (Å²) in [5, 5.41) is 6.58. The summed E-state index contributed by atoms with van der Waals surface area (Å²) in [7, 11) is 1.71. The van der Waals surface area contributed by atoms with Crippen LogP contribution >= 0.6 is 0 Å². The molecule has 0 spiro atoms. The molecule has 0 amide bonds. The molecule has 0 aliphatic carbocycles. The van der Waals surface area contributed by atoms with Gasteiger partial charge >= 0.3 is 0 Å². The van der Waals surface area contributed by atoms with E-state index in [2.05, 4.69) is 22.5 Å². The number of methoxy groups -OCH3 is 1. The molecule has 0 unspecified atom stereocenters. The Morgan fingerprint density at radius 1 is 1.27 bits per heavy atom. The molecule has 6 heteroatoms. The molecular weight excluding hydrogens is 282 g/mol. The van der Waals surface area contributed by atoms with Crippen molar-refractivity contribution >= 4 is 5.96 Å². The third kappa shape index (κ3) is 8.56. The van der Waals surface area contributed by atoms with Crippen molar-refractivity contribution in [2.45, 2.75) is 51.7 Å². The van der Waals surface area contributed by atoms with Crippen molar-refractivity contribution in [1.29, 1.82) is 0 Å². The summed E-state index contributed by atoms with van der Waals surface area (Å²) >= 11 is 0. The van der Waals surface area contributed by atoms with Crippen LogP contribution in [0.15, 0.2) is 4.99 Å². The van der Waals surface area contributed by atoms with Gasteiger partial charge in [0.15, 0.2) is 5.96 Å². The number of hydrogen-bond donors (Lipinski definition) is 2. The molecule has 0 radical (unpaired) electrons. The molecule has 0 atom stereocenters. The van der Waals surface area contributed by atoms with Gasteiger partial charge in [-0.1, -0.05) is 0 Å². The van der Waals surface area contributed by atoms with Gasteiger partial charge in [-0.25, -0.2) is 0 Å². The van der Waals surface area contributed by atoms with Gasteiger partial charge in [-0.05, 0) is 40.0 Å². The predicted molar refractivity (Wildman–Crippen MR) is 89.5 cm³/mol. The van der Waals surface area contributed by atoms with Crippen LogP contribution in [-0.4, -0.2) is 64.2 Å². The van der Waals surface area contributed by atoms with Crippen LogP contribution < -0.4 is 10.6 Å². The molecule has 1 rings (SSSR count). The normalized spacial score (nSPS) is 17.5. The molecular formula is C16H33N3O3. The van der Waals surface area contributed by atoms with E-state index in [1.165, 1.54) is 0 Å². The molecule has 0 aromatic rings. The summed E-state index contributed by atoms with van der Waals surface area (Å²) in [5.74, 6) is 0.832. The van der Waals surface area contributed by atoms with E-state index in [1.54, 1.807) is 7.11 Å². The molecule has 130 valence electrons. The first-order chi connectivity index (χ1) is 10.6. The predicted octanol–water partition coefficient (Wildman–Crippen LogP) is 1.55. The first-order valence-corrected chi connectivity index (χ1v) is 8.34. The van der Waals surface area contributed by atoms with Gasteiger partial charge in [-0.2, -0.15) is 0 Å². The van der Waals surface area contributed by atoms with Gasteiger partial charge in [0.2, 0.25) is 0 Å². The molecule has 0 bridgehead atoms. The number of nitrogens with zero attached hydrogens (tertiary/aromatic N) is 1. The van der Waals surface area contributed by atoms with Crippen LogP contribution in [0, 0.1) is 0 Å². The minimum absolute atomic E-state index is 0.242. The van der Waals surface area contributed by atoms with Crippen LogP contribution in [0.5, 0.6) is 0 Å². The maximum Gasteiger partial charge on any atom is 0.191 e. The van der Waals surface area contributed by atoms with Gasteiger partial charge in [-0.3, -0.25) is 4.99 Å². The zero-order valence-corrected chi connectivity index (χ0v) is 14.6. The number of guanidine groups is 1. The van der Waals surface area contributed by atoms with Crippen molar-refractivity contribution in [2.24, 2.45) is 4.99 Å². The van der Waals surface area contributed by atoms with E-state index in [4.69, 9.17) is 14.2 Å². The maximum absolute atomic E-state index is 5.86. The average molecular weight is 315 g/mol. The minimum atomic E-state index is -0.242. The van der Waals surface area contributed by atoms with Crippen molar-refractivity contribution < 1.29 is 14.2 Å². The van der Waals surface area contributed by atoms with Crippen LogP contribution in [0.25, 0.3) is 0 Å². The van der Waals surface area contributed by atoms with Gasteiger partial charge in [0.05, 0.1) is 18.2 Å². The van der Waals surface area contributed by atoms with Crippen molar-refractivity contribution in [3.05, 3.63) is 0 Å². The first kappa shape index (κ1) is 19.2. The summed E-state index contributed by atoms with van der Waals surface area (Å²) in [6.45, 7) is 10.9. The number of rotatable bonds is 9. The second-order valence-electron chi connectivity index (χ2n) is 6.12. The van der Waals surface area contributed by atoms with Crippen molar-refractivity contribution in [2.75, 3.05) is 46.6 Å². The Balaban J connectivity index is 2.18. The first-order valence-electron chi connectivity index (χ1n) is 8.34. The van der Waals surface area contributed by atoms with E-state index in [9.17, 15) is 0 Å². The van der Waals surface area contributed by atoms with Crippen LogP contribution in [-0.2, 0) is 14.2 Å². The maximum atomic E-state index is 5.86. The van der Waals surface area contributed by atoms with Crippen LogP contribution in [0.1, 0.15) is 40.0 Å². The van der Waals surface area contributed by atoms with E-state index in [1.807, 2.05) is 13.8 Å². The molecule has 22 heavy (non-hydrogen) atoms. The summed E-state index contributed by atoms with van der Waals surface area (Å²) in [6, 6.07) is 0. The van der Waals surface area contributed by atoms with Crippen molar-refractivity contribution in [1.82, 2.24) is 10.6 Å². The second kappa shape index (κ2) is 10.8. The lowest BCUT2D eigenvalue weighted by Gasteiger charge is -2.22. The number of ether oxygens (including phenoxy) is 3. The number of nitrogens with one attached hydrogen (secondary N) is 2. The topological polar surface area (TPSA) is 64.1 Å². The summed E-state index contributed by atoms with van der Waals surface area (Å²) < 4.78 is 16.6. The SMILES string of the molecule is CCNC(=NCC(C)(C)OC)NCCCOC1CCOCC1. The lowest BCUT2D eigenvalue weighted by molar-refractivity contribution is -0.0320. The smallest absolute Gasteiger partial charge is 0.191 e. The van der Waals surface area contributed by atoms with Crippen molar-refractivity contribution in [3.63, 3.8) is 0 Å². The number of aliphatic imine (C=N–C) groups is 1. The molecule has 0 saturated carbocycles. The number of hydrogen-bond acceptors (Lipinski definition) is 4. The highest BCUT2D eigenvalue weighted by atomic mass is 16.5. The lowest BCUT2D eigenvalue weighted by atomic mass is 10.1. The summed E-state index contributed by atoms with van der Waals surface area (Å²) in [5.41, 5.74) is -0.242. The Morgan fingerprint density at radius 2 is 2.00 bits per heavy atom. The van der Waals surface area contributed by atoms with Gasteiger partial charge in [-0.15, -0.1) is 0 Å². The van der Waals surface area contributed by atoms with Crippen LogP contribution in [0.4, 0.5) is 0 Å². The highest BCUT2D eigenvalue weighted by molar-refractivity contribution is 5.79. The molecule has 0 aromatic carbocycles. The zero-order valence-electron chi connectivity index (χ0n) is 14.6. The fourth-order valence-corrected chi connectivity index (χ4v) is 2.05. The Labute approximate surface area is 135 Å². The van der Waals surface area contributed by atoms with Gasteiger partial charge in [0.25, 0.3) is 0 Å². The highest BCUT2D eigenvalue weighted by Gasteiger charge is 2.16. The molecule has 1 heterocycles. The molecule has 1 aliphatic rings. The fraction of sp³-hybridized carbons (Fsp3) is 0.938. The average Bonchev–Trinajstić information content (AvgIpc) is 2.53. The summed E-state index contributed by atoms with van der Waals surface area (Å²) in [6.07, 6.45) is 3.38. The Bertz CT molecular complexity index is 316.